The van der Waals surface area contributed by atoms with Crippen molar-refractivity contribution in [2.45, 2.75) is 6.42 Å². The number of benzene rings is 4. The highest BCUT2D eigenvalue weighted by molar-refractivity contribution is 5.84. The Morgan fingerprint density at radius 2 is 0.926 bits per heavy atom. The first kappa shape index (κ1) is 16.9. The van der Waals surface area contributed by atoms with E-state index in [0.29, 0.717) is 12.0 Å². The van der Waals surface area contributed by atoms with Crippen LogP contribution in [-0.4, -0.2) is 10.2 Å². The van der Waals surface area contributed by atoms with Crippen LogP contribution in [-0.2, 0) is 6.42 Å². The third-order valence-electron chi connectivity index (χ3n) is 4.76. The van der Waals surface area contributed by atoms with Gasteiger partial charge in [-0.1, -0.05) is 91.0 Å². The summed E-state index contributed by atoms with van der Waals surface area (Å²) >= 11 is 0. The Bertz CT molecular complexity index is 976. The summed E-state index contributed by atoms with van der Waals surface area (Å²) in [6.45, 7) is 0. The predicted octanol–water partition coefficient (Wildman–Crippen LogP) is 6.02. The molecule has 0 aliphatic rings. The molecule has 0 heterocycles. The lowest BCUT2D eigenvalue weighted by Crippen LogP contribution is -1.95. The van der Waals surface area contributed by atoms with Gasteiger partial charge in [0.25, 0.3) is 0 Å². The zero-order chi connectivity index (χ0) is 18.6. The van der Waals surface area contributed by atoms with E-state index in [2.05, 4.69) is 0 Å². The minimum atomic E-state index is 0.127. The molecule has 132 valence electrons. The second kappa shape index (κ2) is 7.38. The van der Waals surface area contributed by atoms with Crippen molar-refractivity contribution in [3.8, 4) is 33.8 Å². The fourth-order valence-corrected chi connectivity index (χ4v) is 3.36. The largest absolute Gasteiger partial charge is 0.507 e. The lowest BCUT2D eigenvalue weighted by Gasteiger charge is -2.17. The van der Waals surface area contributed by atoms with Crippen molar-refractivity contribution in [2.75, 3.05) is 0 Å². The summed E-state index contributed by atoms with van der Waals surface area (Å²) < 4.78 is 0. The smallest absolute Gasteiger partial charge is 0.130 e. The van der Waals surface area contributed by atoms with Crippen LogP contribution in [0, 0.1) is 0 Å². The van der Waals surface area contributed by atoms with Gasteiger partial charge < -0.3 is 10.2 Å². The second-order valence-electron chi connectivity index (χ2n) is 6.54. The van der Waals surface area contributed by atoms with Gasteiger partial charge in [-0.2, -0.15) is 0 Å². The molecule has 2 nitrogen and oxygen atoms in total. The fraction of sp³-hybridized carbons (Fsp3) is 0.0400. The lowest BCUT2D eigenvalue weighted by atomic mass is 9.91. The van der Waals surface area contributed by atoms with Crippen LogP contribution in [0.2, 0.25) is 0 Å². The number of aromatic hydroxyl groups is 2. The van der Waals surface area contributed by atoms with Gasteiger partial charge >= 0.3 is 0 Å². The normalized spacial score (nSPS) is 10.7. The first-order valence-corrected chi connectivity index (χ1v) is 8.96. The van der Waals surface area contributed by atoms with Crippen molar-refractivity contribution in [2.24, 2.45) is 0 Å². The van der Waals surface area contributed by atoms with Crippen molar-refractivity contribution in [1.29, 1.82) is 0 Å². The molecule has 2 heteroatoms. The molecule has 0 aromatic heterocycles. The van der Waals surface area contributed by atoms with Crippen molar-refractivity contribution >= 4 is 0 Å². The summed E-state index contributed by atoms with van der Waals surface area (Å²) in [7, 11) is 0. The molecule has 0 aliphatic heterocycles. The first-order chi connectivity index (χ1) is 13.2. The Morgan fingerprint density at radius 1 is 0.519 bits per heavy atom. The van der Waals surface area contributed by atoms with Gasteiger partial charge in [0.2, 0.25) is 0 Å². The molecule has 0 saturated carbocycles. The molecular weight excluding hydrogens is 332 g/mol. The molecule has 0 spiro atoms. The van der Waals surface area contributed by atoms with E-state index in [4.69, 9.17) is 0 Å². The molecule has 0 fully saturated rings. The van der Waals surface area contributed by atoms with E-state index in [1.54, 1.807) is 0 Å². The topological polar surface area (TPSA) is 40.5 Å². The number of phenolic OH excluding ortho intramolecular Hbond substituents is 2. The van der Waals surface area contributed by atoms with Gasteiger partial charge in [0.15, 0.2) is 0 Å². The Hall–Kier alpha value is -3.52. The van der Waals surface area contributed by atoms with Crippen LogP contribution in [0.1, 0.15) is 11.1 Å². The van der Waals surface area contributed by atoms with Crippen LogP contribution in [0.5, 0.6) is 11.5 Å². The van der Waals surface area contributed by atoms with E-state index in [-0.39, 0.29) is 11.5 Å². The molecule has 0 atom stereocenters. The van der Waals surface area contributed by atoms with Crippen LogP contribution in [0.15, 0.2) is 97.1 Å². The maximum atomic E-state index is 11.0. The quantitative estimate of drug-likeness (QED) is 0.471. The summed E-state index contributed by atoms with van der Waals surface area (Å²) in [5.41, 5.74) is 4.85. The van der Waals surface area contributed by atoms with Crippen molar-refractivity contribution in [3.63, 3.8) is 0 Å². The molecule has 0 radical (unpaired) electrons. The average Bonchev–Trinajstić information content (AvgIpc) is 2.73. The molecule has 4 rings (SSSR count). The van der Waals surface area contributed by atoms with Crippen molar-refractivity contribution in [1.82, 2.24) is 0 Å². The molecule has 2 N–H and O–H groups in total. The lowest BCUT2D eigenvalue weighted by molar-refractivity contribution is 0.443. The average molecular weight is 352 g/mol. The summed E-state index contributed by atoms with van der Waals surface area (Å²) in [5.74, 6) is 0.254. The minimum absolute atomic E-state index is 0.127. The number of phenols is 2. The number of rotatable bonds is 4. The van der Waals surface area contributed by atoms with E-state index in [1.165, 1.54) is 0 Å². The van der Waals surface area contributed by atoms with Gasteiger partial charge in [0, 0.05) is 23.1 Å². The van der Waals surface area contributed by atoms with E-state index in [9.17, 15) is 10.2 Å². The Morgan fingerprint density at radius 3 is 1.37 bits per heavy atom. The Labute approximate surface area is 159 Å². The minimum Gasteiger partial charge on any atom is -0.507 e. The highest BCUT2D eigenvalue weighted by Gasteiger charge is 2.19. The van der Waals surface area contributed by atoms with Crippen LogP contribution < -0.4 is 0 Å². The van der Waals surface area contributed by atoms with Gasteiger partial charge in [-0.05, 0) is 22.8 Å². The molecular formula is C25H20O2. The van der Waals surface area contributed by atoms with Crippen molar-refractivity contribution in [3.05, 3.63) is 108 Å². The SMILES string of the molecule is Oc1c(-c2ccccc2)cc(-c2ccccc2)c(O)c1Cc1ccccc1. The van der Waals surface area contributed by atoms with Crippen LogP contribution >= 0.6 is 0 Å². The van der Waals surface area contributed by atoms with E-state index in [1.807, 2.05) is 97.1 Å². The van der Waals surface area contributed by atoms with Gasteiger partial charge in [0.05, 0.1) is 0 Å². The molecule has 27 heavy (non-hydrogen) atoms. The third-order valence-corrected chi connectivity index (χ3v) is 4.76. The van der Waals surface area contributed by atoms with Gasteiger partial charge in [-0.15, -0.1) is 0 Å². The summed E-state index contributed by atoms with van der Waals surface area (Å²) in [5, 5.41) is 22.0. The monoisotopic (exact) mass is 352 g/mol. The number of hydrogen-bond donors (Lipinski definition) is 2. The second-order valence-corrected chi connectivity index (χ2v) is 6.54. The van der Waals surface area contributed by atoms with E-state index in [0.717, 1.165) is 27.8 Å². The van der Waals surface area contributed by atoms with Crippen LogP contribution in [0.25, 0.3) is 22.3 Å². The summed E-state index contributed by atoms with van der Waals surface area (Å²) in [6.07, 6.45) is 0.457. The van der Waals surface area contributed by atoms with Crippen molar-refractivity contribution < 1.29 is 10.2 Å². The molecule has 0 bridgehead atoms. The Kier molecular flexibility index (Phi) is 4.63. The van der Waals surface area contributed by atoms with Gasteiger partial charge in [-0.25, -0.2) is 0 Å². The fourth-order valence-electron chi connectivity index (χ4n) is 3.36. The molecule has 0 aliphatic carbocycles. The predicted molar refractivity (Wildman–Crippen MR) is 110 cm³/mol. The molecule has 0 unspecified atom stereocenters. The van der Waals surface area contributed by atoms with Gasteiger partial charge in [-0.3, -0.25) is 0 Å². The summed E-state index contributed by atoms with van der Waals surface area (Å²) in [6, 6.07) is 31.3. The van der Waals surface area contributed by atoms with E-state index >= 15 is 0 Å². The van der Waals surface area contributed by atoms with Gasteiger partial charge in [0.1, 0.15) is 11.5 Å². The zero-order valence-corrected chi connectivity index (χ0v) is 14.8. The van der Waals surface area contributed by atoms with E-state index < -0.39 is 0 Å². The molecule has 0 saturated heterocycles. The molecule has 0 amide bonds. The molecule has 4 aromatic carbocycles. The number of hydrogen-bond acceptors (Lipinski definition) is 2. The highest BCUT2D eigenvalue weighted by atomic mass is 16.3. The van der Waals surface area contributed by atoms with Crippen LogP contribution in [0.3, 0.4) is 0 Å². The molecule has 4 aromatic rings. The maximum absolute atomic E-state index is 11.0. The Balaban J connectivity index is 1.94. The third kappa shape index (κ3) is 3.42. The standard InChI is InChI=1S/C25H20O2/c26-24-21(19-12-6-2-7-13-19)17-22(20-14-8-3-9-15-20)25(27)23(24)16-18-10-4-1-5-11-18/h1-15,17,26-27H,16H2. The first-order valence-electron chi connectivity index (χ1n) is 8.96. The summed E-state index contributed by atoms with van der Waals surface area (Å²) in [4.78, 5) is 0. The maximum Gasteiger partial charge on any atom is 0.130 e. The van der Waals surface area contributed by atoms with Crippen LogP contribution in [0.4, 0.5) is 0 Å². The zero-order valence-electron chi connectivity index (χ0n) is 14.8. The highest BCUT2D eigenvalue weighted by Crippen LogP contribution is 2.44.